The molecule has 7 nitrogen and oxygen atoms in total. The summed E-state index contributed by atoms with van der Waals surface area (Å²) >= 11 is 0. The van der Waals surface area contributed by atoms with E-state index in [0.717, 1.165) is 18.8 Å². The lowest BCUT2D eigenvalue weighted by atomic mass is 10.2. The third-order valence-electron chi connectivity index (χ3n) is 3.32. The third kappa shape index (κ3) is 2.98. The largest absolute Gasteiger partial charge is 0.478 e. The first-order valence-electron chi connectivity index (χ1n) is 6.31. The molecule has 1 aliphatic heterocycles. The van der Waals surface area contributed by atoms with E-state index in [4.69, 9.17) is 5.11 Å². The van der Waals surface area contributed by atoms with Crippen molar-refractivity contribution < 1.29 is 19.4 Å². The molecule has 1 unspecified atom stereocenters. The number of carbonyl (C=O) groups excluding carboxylic acids is 1. The number of hydrogen-bond acceptors (Lipinski definition) is 5. The Morgan fingerprint density at radius 2 is 2.25 bits per heavy atom. The van der Waals surface area contributed by atoms with Gasteiger partial charge in [0.05, 0.1) is 24.4 Å². The fourth-order valence-electron chi connectivity index (χ4n) is 2.26. The van der Waals surface area contributed by atoms with Gasteiger partial charge in [0, 0.05) is 13.1 Å². The Morgan fingerprint density at radius 1 is 1.50 bits per heavy atom. The number of ether oxygens (including phenoxy) is 1. The molecule has 108 valence electrons. The first kappa shape index (κ1) is 14.1. The van der Waals surface area contributed by atoms with Gasteiger partial charge in [-0.1, -0.05) is 0 Å². The molecule has 7 heteroatoms. The first-order valence-corrected chi connectivity index (χ1v) is 6.31. The Balaban J connectivity index is 2.05. The van der Waals surface area contributed by atoms with E-state index in [9.17, 15) is 9.59 Å². The van der Waals surface area contributed by atoms with Gasteiger partial charge in [-0.15, -0.1) is 0 Å². The van der Waals surface area contributed by atoms with Crippen LogP contribution in [0.3, 0.4) is 0 Å². The zero-order chi connectivity index (χ0) is 14.7. The number of pyridine rings is 1. The highest BCUT2D eigenvalue weighted by molar-refractivity contribution is 5.89. The highest BCUT2D eigenvalue weighted by atomic mass is 16.5. The molecular weight excluding hydrogens is 262 g/mol. The third-order valence-corrected chi connectivity index (χ3v) is 3.32. The molecule has 20 heavy (non-hydrogen) atoms. The van der Waals surface area contributed by atoms with Crippen LogP contribution in [0, 0.1) is 6.92 Å². The van der Waals surface area contributed by atoms with E-state index < -0.39 is 12.1 Å². The van der Waals surface area contributed by atoms with Gasteiger partial charge in [0.1, 0.15) is 5.82 Å². The minimum absolute atomic E-state index is 0.0173. The number of methoxy groups -OCH3 is 1. The highest BCUT2D eigenvalue weighted by Gasteiger charge is 2.25. The van der Waals surface area contributed by atoms with Crippen LogP contribution in [0.15, 0.2) is 12.1 Å². The maximum Gasteiger partial charge on any atom is 0.407 e. The number of rotatable bonds is 3. The molecule has 2 heterocycles. The molecule has 1 saturated heterocycles. The SMILES string of the molecule is COC(=O)NC1CCN(c2ccc(C(=O)O)c(C)n2)C1. The van der Waals surface area contributed by atoms with Gasteiger partial charge >= 0.3 is 12.1 Å². The molecule has 0 spiro atoms. The van der Waals surface area contributed by atoms with E-state index in [0.29, 0.717) is 12.2 Å². The number of nitrogens with one attached hydrogen (secondary N) is 1. The second-order valence-corrected chi connectivity index (χ2v) is 4.68. The molecule has 1 amide bonds. The second kappa shape index (κ2) is 5.77. The van der Waals surface area contributed by atoms with Crippen molar-refractivity contribution in [3.63, 3.8) is 0 Å². The average Bonchev–Trinajstić information content (AvgIpc) is 2.86. The van der Waals surface area contributed by atoms with Gasteiger partial charge in [-0.25, -0.2) is 14.6 Å². The number of hydrogen-bond donors (Lipinski definition) is 2. The minimum atomic E-state index is -0.979. The Morgan fingerprint density at radius 3 is 2.85 bits per heavy atom. The Bertz CT molecular complexity index is 532. The molecule has 1 aromatic rings. The molecule has 0 radical (unpaired) electrons. The molecule has 1 aliphatic rings. The number of amides is 1. The van der Waals surface area contributed by atoms with Crippen LogP contribution >= 0.6 is 0 Å². The second-order valence-electron chi connectivity index (χ2n) is 4.68. The van der Waals surface area contributed by atoms with Gasteiger partial charge < -0.3 is 20.1 Å². The van der Waals surface area contributed by atoms with E-state index >= 15 is 0 Å². The van der Waals surface area contributed by atoms with Crippen LogP contribution in [-0.2, 0) is 4.74 Å². The summed E-state index contributed by atoms with van der Waals surface area (Å²) in [6, 6.07) is 3.27. The summed E-state index contributed by atoms with van der Waals surface area (Å²) in [6.07, 6.45) is 0.360. The number of nitrogens with zero attached hydrogens (tertiary/aromatic N) is 2. The lowest BCUT2D eigenvalue weighted by Gasteiger charge is -2.18. The van der Waals surface area contributed by atoms with Crippen LogP contribution in [0.25, 0.3) is 0 Å². The molecule has 1 atom stereocenters. The maximum atomic E-state index is 11.2. The van der Waals surface area contributed by atoms with Crippen LogP contribution in [0.1, 0.15) is 22.5 Å². The van der Waals surface area contributed by atoms with Gasteiger partial charge in [-0.2, -0.15) is 0 Å². The van der Waals surface area contributed by atoms with Crippen molar-refractivity contribution in [3.8, 4) is 0 Å². The summed E-state index contributed by atoms with van der Waals surface area (Å²) in [7, 11) is 1.33. The Hall–Kier alpha value is -2.31. The van der Waals surface area contributed by atoms with Crippen molar-refractivity contribution in [2.75, 3.05) is 25.1 Å². The van der Waals surface area contributed by atoms with E-state index in [1.165, 1.54) is 7.11 Å². The molecule has 2 rings (SSSR count). The van der Waals surface area contributed by atoms with E-state index in [-0.39, 0.29) is 11.6 Å². The van der Waals surface area contributed by atoms with Gasteiger partial charge in [0.2, 0.25) is 0 Å². The van der Waals surface area contributed by atoms with E-state index in [1.807, 2.05) is 4.90 Å². The molecular formula is C13H17N3O4. The summed E-state index contributed by atoms with van der Waals surface area (Å²) < 4.78 is 4.56. The van der Waals surface area contributed by atoms with Gasteiger partial charge in [0.25, 0.3) is 0 Å². The molecule has 1 aromatic heterocycles. The number of anilines is 1. The number of aryl methyl sites for hydroxylation is 1. The number of aromatic carboxylic acids is 1. The van der Waals surface area contributed by atoms with Crippen LogP contribution in [0.2, 0.25) is 0 Å². The normalized spacial score (nSPS) is 17.9. The lowest BCUT2D eigenvalue weighted by Crippen LogP contribution is -2.37. The fourth-order valence-corrected chi connectivity index (χ4v) is 2.26. The summed E-state index contributed by atoms with van der Waals surface area (Å²) in [5.41, 5.74) is 0.691. The van der Waals surface area contributed by atoms with E-state index in [1.54, 1.807) is 19.1 Å². The summed E-state index contributed by atoms with van der Waals surface area (Å²) in [5, 5.41) is 11.7. The smallest absolute Gasteiger partial charge is 0.407 e. The lowest BCUT2D eigenvalue weighted by molar-refractivity contribution is 0.0695. The Labute approximate surface area is 116 Å². The number of carbonyl (C=O) groups is 2. The van der Waals surface area contributed by atoms with E-state index in [2.05, 4.69) is 15.0 Å². The maximum absolute atomic E-state index is 11.2. The van der Waals surface area contributed by atoms with Crippen LogP contribution < -0.4 is 10.2 Å². The average molecular weight is 279 g/mol. The van der Waals surface area contributed by atoms with Crippen molar-refractivity contribution in [1.82, 2.24) is 10.3 Å². The molecule has 1 fully saturated rings. The van der Waals surface area contributed by atoms with Crippen molar-refractivity contribution in [3.05, 3.63) is 23.4 Å². The summed E-state index contributed by atoms with van der Waals surface area (Å²) in [6.45, 7) is 3.06. The topological polar surface area (TPSA) is 91.8 Å². The van der Waals surface area contributed by atoms with Gasteiger partial charge in [0.15, 0.2) is 0 Å². The van der Waals surface area contributed by atoms with Crippen molar-refractivity contribution in [2.24, 2.45) is 0 Å². The fraction of sp³-hybridized carbons (Fsp3) is 0.462. The molecule has 0 aromatic carbocycles. The van der Waals surface area contributed by atoms with Gasteiger partial charge in [-0.05, 0) is 25.5 Å². The Kier molecular flexibility index (Phi) is 4.07. The summed E-state index contributed by atoms with van der Waals surface area (Å²) in [4.78, 5) is 28.4. The number of carboxylic acid groups (broad SMARTS) is 1. The van der Waals surface area contributed by atoms with Crippen molar-refractivity contribution >= 4 is 17.9 Å². The number of carboxylic acids is 1. The quantitative estimate of drug-likeness (QED) is 0.858. The summed E-state index contributed by atoms with van der Waals surface area (Å²) in [5.74, 6) is -0.255. The van der Waals surface area contributed by atoms with Crippen LogP contribution in [-0.4, -0.2) is 48.4 Å². The van der Waals surface area contributed by atoms with Crippen molar-refractivity contribution in [2.45, 2.75) is 19.4 Å². The zero-order valence-electron chi connectivity index (χ0n) is 11.4. The van der Waals surface area contributed by atoms with Crippen LogP contribution in [0.5, 0.6) is 0 Å². The monoisotopic (exact) mass is 279 g/mol. The van der Waals surface area contributed by atoms with Crippen molar-refractivity contribution in [1.29, 1.82) is 0 Å². The minimum Gasteiger partial charge on any atom is -0.478 e. The van der Waals surface area contributed by atoms with Crippen LogP contribution in [0.4, 0.5) is 10.6 Å². The molecule has 0 bridgehead atoms. The highest BCUT2D eigenvalue weighted by Crippen LogP contribution is 2.20. The number of aromatic nitrogens is 1. The first-order chi connectivity index (χ1) is 9.51. The standard InChI is InChI=1S/C13H17N3O4/c1-8-10(12(17)18)3-4-11(14-8)16-6-5-9(7-16)15-13(19)20-2/h3-4,9H,5-7H2,1-2H3,(H,15,19)(H,17,18). The van der Waals surface area contributed by atoms with Gasteiger partial charge in [-0.3, -0.25) is 0 Å². The zero-order valence-corrected chi connectivity index (χ0v) is 11.4. The molecule has 0 aliphatic carbocycles. The predicted octanol–water partition coefficient (Wildman–Crippen LogP) is 1.02. The number of alkyl carbamates (subject to hydrolysis) is 1. The molecule has 0 saturated carbocycles. The predicted molar refractivity (Wildman–Crippen MR) is 72.1 cm³/mol. The molecule has 2 N–H and O–H groups in total.